The Labute approximate surface area is 164 Å². The third-order valence-electron chi connectivity index (χ3n) is 0.107. The summed E-state index contributed by atoms with van der Waals surface area (Å²) in [5.41, 5.74) is 0. The molecule has 0 aromatic rings. The number of hydrogen-bond donors (Lipinski definition) is 0. The van der Waals surface area contributed by atoms with Crippen molar-refractivity contribution in [2.45, 2.75) is 0 Å². The Kier molecular flexibility index (Phi) is 29.5. The van der Waals surface area contributed by atoms with Crippen LogP contribution < -0.4 is 119 Å². The zero-order valence-electron chi connectivity index (χ0n) is 5.84. The van der Waals surface area contributed by atoms with Gasteiger partial charge in [-0.25, -0.2) is 0 Å². The van der Waals surface area contributed by atoms with Gasteiger partial charge in [0.05, 0.1) is 0 Å². The first-order valence-corrected chi connectivity index (χ1v) is 15.1. The van der Waals surface area contributed by atoms with Crippen LogP contribution in [0.2, 0.25) is 1.41 Å². The summed E-state index contributed by atoms with van der Waals surface area (Å²) >= 11 is 1.49. The molecule has 0 aliphatic heterocycles. The molecule has 9 heteroatoms. The van der Waals surface area contributed by atoms with Gasteiger partial charge < -0.3 is 0 Å². The van der Waals surface area contributed by atoms with Gasteiger partial charge in [0.15, 0.2) is 0 Å². The Balaban J connectivity index is -0.000000245. The van der Waals surface area contributed by atoms with Crippen molar-refractivity contribution in [2.24, 2.45) is 0 Å². The maximum absolute atomic E-state index is 12.1. The Bertz CT molecular complexity index is 113. The second-order valence-electron chi connectivity index (χ2n) is 0.389. The molecule has 1 nitrogen and oxygen atoms in total. The van der Waals surface area contributed by atoms with E-state index in [0.717, 1.165) is 5.00 Å². The Morgan fingerprint density at radius 2 is 2.44 bits per heavy atom. The Morgan fingerprint density at radius 1 is 1.89 bits per heavy atom. The number of halogens is 3. The van der Waals surface area contributed by atoms with Gasteiger partial charge >= 0.3 is 170 Å². The zero-order chi connectivity index (χ0) is 6.41. The fourth-order valence-corrected chi connectivity index (χ4v) is 21.7. The van der Waals surface area contributed by atoms with Gasteiger partial charge in [0.25, 0.3) is 0 Å². The van der Waals surface area contributed by atoms with Crippen molar-refractivity contribution in [3.8, 4) is 0 Å². The van der Waals surface area contributed by atoms with E-state index in [1.54, 1.807) is 0 Å². The van der Waals surface area contributed by atoms with E-state index in [4.69, 9.17) is 1.41 Å². The maximum atomic E-state index is 12.1. The minimum atomic E-state index is -2.54. The molecule has 0 aromatic carbocycles. The number of nitrogens with one attached hydrogen (secondary N) is 1. The van der Waals surface area contributed by atoms with E-state index in [1.165, 1.54) is 9.50 Å². The van der Waals surface area contributed by atoms with Crippen LogP contribution in [0.3, 0.4) is 0 Å². The van der Waals surface area contributed by atoms with Crippen molar-refractivity contribution in [3.63, 3.8) is 0 Å². The topological polar surface area (TPSA) is 23.8 Å². The summed E-state index contributed by atoms with van der Waals surface area (Å²) in [6.45, 7) is 0. The molecule has 1 N–H and O–H groups in total. The van der Waals surface area contributed by atoms with Crippen LogP contribution in [0.5, 0.6) is 0 Å². The molecule has 0 bridgehead atoms. The standard InChI is InChI=1S/FHI2NPS2.2K/c1-3(4)2-5-7-6;;/h4H;;/q-2;2*+1/i/hT. The average molecular weight is 463 g/mol. The third-order valence-corrected chi connectivity index (χ3v) is 22.8. The molecule has 0 aliphatic carbocycles. The average Bonchev–Trinajstić information content (AvgIpc) is 1.83. The summed E-state index contributed by atoms with van der Waals surface area (Å²) in [7, 11) is 1.21. The van der Waals surface area contributed by atoms with E-state index >= 15 is 0 Å². The molecule has 0 saturated carbocycles. The van der Waals surface area contributed by atoms with Gasteiger partial charge in [0, 0.05) is 0 Å². The van der Waals surface area contributed by atoms with Gasteiger partial charge in [0.1, 0.15) is 0 Å². The molecule has 0 aliphatic rings. The summed E-state index contributed by atoms with van der Waals surface area (Å²) < 4.78 is 21.2. The van der Waals surface area contributed by atoms with Gasteiger partial charge in [-0.05, 0) is 0 Å². The van der Waals surface area contributed by atoms with Gasteiger partial charge in [-0.3, -0.25) is 0 Å². The summed E-state index contributed by atoms with van der Waals surface area (Å²) in [4.78, 5) is 0.944. The SMILES string of the molecule is [3H][N-]I(F)[I-]P=S=S.[K+].[K+]. The second-order valence-corrected chi connectivity index (χ2v) is 20.5. The van der Waals surface area contributed by atoms with Crippen molar-refractivity contribution in [1.29, 1.82) is 0 Å². The van der Waals surface area contributed by atoms with E-state index in [9.17, 15) is 2.86 Å². The summed E-state index contributed by atoms with van der Waals surface area (Å²) in [6.07, 6.45) is 0. The first kappa shape index (κ1) is 16.8. The Hall–Kier alpha value is 5.36. The van der Waals surface area contributed by atoms with E-state index in [1.807, 2.05) is 0 Å². The quantitative estimate of drug-likeness (QED) is 0.232. The molecule has 0 amide bonds. The van der Waals surface area contributed by atoms with E-state index in [2.05, 4.69) is 15.1 Å². The normalized spacial score (nSPS) is 10.8. The van der Waals surface area contributed by atoms with Crippen molar-refractivity contribution >= 4 is 42.4 Å². The Morgan fingerprint density at radius 3 is 2.78 bits per heavy atom. The van der Waals surface area contributed by atoms with Gasteiger partial charge in [-0.15, -0.1) is 0 Å². The van der Waals surface area contributed by atoms with E-state index in [0.29, 0.717) is 0 Å². The van der Waals surface area contributed by atoms with Crippen molar-refractivity contribution in [2.75, 3.05) is 0 Å². The molecule has 0 atom stereocenters. The first-order chi connectivity index (χ1) is 3.81. The zero-order valence-corrected chi connectivity index (χ0v) is 17.9. The minimum Gasteiger partial charge on any atom is 1.00 e. The fraction of sp³-hybridized carbons (Fsp3) is 0. The molecule has 9 heavy (non-hydrogen) atoms. The van der Waals surface area contributed by atoms with Crippen LogP contribution in [0.15, 0.2) is 0 Å². The molecule has 0 heterocycles. The molecule has 46 valence electrons. The summed E-state index contributed by atoms with van der Waals surface area (Å²) in [5, 5.41) is 0. The van der Waals surface area contributed by atoms with E-state index in [-0.39, 0.29) is 103 Å². The van der Waals surface area contributed by atoms with Crippen LogP contribution >= 0.6 is 21.7 Å². The number of hydrogen-bond acceptors (Lipinski definition) is 1. The molecule has 0 radical (unpaired) electrons. The molecule has 0 aromatic heterocycles. The van der Waals surface area contributed by atoms with Crippen LogP contribution in [0.25, 0.3) is 3.94 Å². The van der Waals surface area contributed by atoms with Crippen LogP contribution in [-0.2, 0) is 20.7 Å². The predicted molar refractivity (Wildman–Crippen MR) is 41.1 cm³/mol. The van der Waals surface area contributed by atoms with Gasteiger partial charge in [0.2, 0.25) is 0 Å². The predicted octanol–water partition coefficient (Wildman–Crippen LogP) is -6.32. The monoisotopic (exact) mass is 463 g/mol. The van der Waals surface area contributed by atoms with Gasteiger partial charge in [-0.2, -0.15) is 0 Å². The van der Waals surface area contributed by atoms with Crippen molar-refractivity contribution < 1.29 is 124 Å². The fourth-order valence-electron chi connectivity index (χ4n) is 0.0322. The van der Waals surface area contributed by atoms with Gasteiger partial charge in [-0.1, -0.05) is 0 Å². The summed E-state index contributed by atoms with van der Waals surface area (Å²) in [6, 6.07) is 0. The molecule has 0 saturated heterocycles. The molecule has 0 unspecified atom stereocenters. The minimum absolute atomic E-state index is 0. The van der Waals surface area contributed by atoms with Crippen LogP contribution in [0, 0.1) is 0 Å². The molecule has 0 spiro atoms. The van der Waals surface area contributed by atoms with Crippen LogP contribution in [-0.4, -0.2) is 0 Å². The number of rotatable bonds is 3. The van der Waals surface area contributed by atoms with Crippen LogP contribution in [0.1, 0.15) is 0 Å². The largest absolute Gasteiger partial charge is 1.00 e. The molecule has 0 fully saturated rings. The maximum Gasteiger partial charge on any atom is 1.00 e. The smallest absolute Gasteiger partial charge is 1.00 e. The third kappa shape index (κ3) is 19.7. The van der Waals surface area contributed by atoms with Crippen molar-refractivity contribution in [3.05, 3.63) is 3.94 Å². The second kappa shape index (κ2) is 15.8. The van der Waals surface area contributed by atoms with Crippen molar-refractivity contribution in [1.82, 2.24) is 0 Å². The van der Waals surface area contributed by atoms with E-state index < -0.39 is 33.4 Å². The van der Waals surface area contributed by atoms with Crippen LogP contribution in [0.4, 0.5) is 2.86 Å². The molecule has 0 rings (SSSR count). The molecular formula is HFI2K2NPS2. The molecular weight excluding hydrogens is 460 g/mol. The first-order valence-electron chi connectivity index (χ1n) is 1.42. The summed E-state index contributed by atoms with van der Waals surface area (Å²) in [5.74, 6) is 0.